The summed E-state index contributed by atoms with van der Waals surface area (Å²) in [4.78, 5) is 16.4. The highest BCUT2D eigenvalue weighted by Crippen LogP contribution is 2.14. The summed E-state index contributed by atoms with van der Waals surface area (Å²) in [6, 6.07) is 9.76. The highest BCUT2D eigenvalue weighted by Gasteiger charge is 2.11. The van der Waals surface area contributed by atoms with Crippen LogP contribution in [0.4, 0.5) is 4.79 Å². The van der Waals surface area contributed by atoms with Gasteiger partial charge in [0.2, 0.25) is 0 Å². The summed E-state index contributed by atoms with van der Waals surface area (Å²) in [5.41, 5.74) is 2.17. The normalized spacial score (nSPS) is 13.5. The molecule has 1 aromatic carbocycles. The number of aryl methyl sites for hydroxylation is 2. The Morgan fingerprint density at radius 3 is 2.86 bits per heavy atom. The van der Waals surface area contributed by atoms with Crippen LogP contribution in [-0.2, 0) is 25.9 Å². The fourth-order valence-corrected chi connectivity index (χ4v) is 2.74. The van der Waals surface area contributed by atoms with E-state index in [1.807, 2.05) is 30.3 Å². The van der Waals surface area contributed by atoms with Crippen molar-refractivity contribution in [3.05, 3.63) is 53.6 Å². The number of fused-ring (bicyclic) bond motifs is 1. The van der Waals surface area contributed by atoms with Crippen LogP contribution in [-0.4, -0.2) is 22.1 Å². The molecule has 0 saturated carbocycles. The molecule has 2 aromatic rings. The summed E-state index contributed by atoms with van der Waals surface area (Å²) < 4.78 is 2.24. The maximum atomic E-state index is 11.8. The maximum Gasteiger partial charge on any atom is 0.315 e. The van der Waals surface area contributed by atoms with E-state index in [1.54, 1.807) is 0 Å². The third kappa shape index (κ3) is 3.87. The number of rotatable bonds is 5. The van der Waals surface area contributed by atoms with Crippen molar-refractivity contribution in [3.8, 4) is 0 Å². The zero-order valence-corrected chi connectivity index (χ0v) is 12.7. The van der Waals surface area contributed by atoms with Crippen LogP contribution in [0.15, 0.2) is 36.5 Å². The Kier molecular flexibility index (Phi) is 4.73. The highest BCUT2D eigenvalue weighted by atomic mass is 16.2. The van der Waals surface area contributed by atoms with Gasteiger partial charge in [0.15, 0.2) is 0 Å². The molecular formula is C17H22N4O. The molecule has 0 fully saturated rings. The fraction of sp³-hybridized carbons (Fsp3) is 0.412. The minimum Gasteiger partial charge on any atom is -0.338 e. The SMILES string of the molecule is O=C(NCCc1cn2c(n1)CCCC2)NCc1ccccc1. The molecule has 2 N–H and O–H groups in total. The third-order valence-electron chi connectivity index (χ3n) is 3.92. The third-order valence-corrected chi connectivity index (χ3v) is 3.92. The standard InChI is InChI=1S/C17H22N4O/c22-17(19-12-14-6-2-1-3-7-14)18-10-9-15-13-21-11-5-4-8-16(21)20-15/h1-3,6-7,13H,4-5,8-12H2,(H2,18,19,22). The molecule has 22 heavy (non-hydrogen) atoms. The number of carbonyl (C=O) groups is 1. The number of nitrogens with one attached hydrogen (secondary N) is 2. The summed E-state index contributed by atoms with van der Waals surface area (Å²) in [6.45, 7) is 2.23. The fourth-order valence-electron chi connectivity index (χ4n) is 2.74. The summed E-state index contributed by atoms with van der Waals surface area (Å²) >= 11 is 0. The van der Waals surface area contributed by atoms with Gasteiger partial charge in [-0.05, 0) is 18.4 Å². The van der Waals surface area contributed by atoms with Crippen LogP contribution in [0.5, 0.6) is 0 Å². The van der Waals surface area contributed by atoms with Gasteiger partial charge in [-0.1, -0.05) is 30.3 Å². The zero-order chi connectivity index (χ0) is 15.2. The van der Waals surface area contributed by atoms with Crippen LogP contribution in [0.3, 0.4) is 0 Å². The first-order valence-electron chi connectivity index (χ1n) is 7.92. The van der Waals surface area contributed by atoms with Gasteiger partial charge >= 0.3 is 6.03 Å². The smallest absolute Gasteiger partial charge is 0.315 e. The number of amides is 2. The lowest BCUT2D eigenvalue weighted by Crippen LogP contribution is -2.36. The lowest BCUT2D eigenvalue weighted by atomic mass is 10.2. The van der Waals surface area contributed by atoms with Crippen molar-refractivity contribution >= 4 is 6.03 Å². The summed E-state index contributed by atoms with van der Waals surface area (Å²) in [6.07, 6.45) is 6.45. The number of urea groups is 1. The van der Waals surface area contributed by atoms with E-state index < -0.39 is 0 Å². The quantitative estimate of drug-likeness (QED) is 0.889. The molecule has 0 bridgehead atoms. The van der Waals surface area contributed by atoms with Gasteiger partial charge in [-0.15, -0.1) is 0 Å². The van der Waals surface area contributed by atoms with Gasteiger partial charge < -0.3 is 15.2 Å². The topological polar surface area (TPSA) is 59.0 Å². The van der Waals surface area contributed by atoms with Crippen molar-refractivity contribution in [1.82, 2.24) is 20.2 Å². The van der Waals surface area contributed by atoms with Crippen LogP contribution < -0.4 is 10.6 Å². The second kappa shape index (κ2) is 7.11. The van der Waals surface area contributed by atoms with Crippen molar-refractivity contribution in [1.29, 1.82) is 0 Å². The number of imidazole rings is 1. The van der Waals surface area contributed by atoms with E-state index in [4.69, 9.17) is 0 Å². The van der Waals surface area contributed by atoms with Crippen molar-refractivity contribution in [2.24, 2.45) is 0 Å². The van der Waals surface area contributed by atoms with Crippen molar-refractivity contribution in [2.45, 2.75) is 38.8 Å². The van der Waals surface area contributed by atoms with Crippen LogP contribution in [0, 0.1) is 0 Å². The Balaban J connectivity index is 1.39. The van der Waals surface area contributed by atoms with E-state index >= 15 is 0 Å². The largest absolute Gasteiger partial charge is 0.338 e. The molecule has 2 heterocycles. The van der Waals surface area contributed by atoms with E-state index in [1.165, 1.54) is 18.7 Å². The Labute approximate surface area is 130 Å². The van der Waals surface area contributed by atoms with E-state index in [9.17, 15) is 4.79 Å². The number of hydrogen-bond acceptors (Lipinski definition) is 2. The van der Waals surface area contributed by atoms with Gasteiger partial charge in [0.25, 0.3) is 0 Å². The van der Waals surface area contributed by atoms with Gasteiger partial charge in [0.1, 0.15) is 5.82 Å². The van der Waals surface area contributed by atoms with E-state index in [2.05, 4.69) is 26.4 Å². The molecule has 0 atom stereocenters. The average molecular weight is 298 g/mol. The second-order valence-electron chi connectivity index (χ2n) is 5.64. The van der Waals surface area contributed by atoms with Crippen molar-refractivity contribution < 1.29 is 4.79 Å². The predicted molar refractivity (Wildman–Crippen MR) is 85.5 cm³/mol. The zero-order valence-electron chi connectivity index (χ0n) is 12.7. The molecule has 2 amide bonds. The molecule has 0 spiro atoms. The van der Waals surface area contributed by atoms with Gasteiger partial charge in [-0.2, -0.15) is 0 Å². The Morgan fingerprint density at radius 2 is 2.05 bits per heavy atom. The number of aromatic nitrogens is 2. The van der Waals surface area contributed by atoms with Crippen LogP contribution in [0.2, 0.25) is 0 Å². The van der Waals surface area contributed by atoms with Gasteiger partial charge in [0, 0.05) is 38.7 Å². The van der Waals surface area contributed by atoms with Gasteiger partial charge in [-0.25, -0.2) is 9.78 Å². The van der Waals surface area contributed by atoms with E-state index in [0.717, 1.165) is 30.6 Å². The molecule has 0 aliphatic carbocycles. The molecular weight excluding hydrogens is 276 g/mol. The van der Waals surface area contributed by atoms with Crippen LogP contribution in [0.1, 0.15) is 29.9 Å². The van der Waals surface area contributed by atoms with Gasteiger partial charge in [-0.3, -0.25) is 0 Å². The maximum absolute atomic E-state index is 11.8. The monoisotopic (exact) mass is 298 g/mol. The highest BCUT2D eigenvalue weighted by molar-refractivity contribution is 5.73. The Morgan fingerprint density at radius 1 is 1.18 bits per heavy atom. The molecule has 0 unspecified atom stereocenters. The van der Waals surface area contributed by atoms with Crippen molar-refractivity contribution in [3.63, 3.8) is 0 Å². The average Bonchev–Trinajstić information content (AvgIpc) is 2.96. The lowest BCUT2D eigenvalue weighted by molar-refractivity contribution is 0.240. The lowest BCUT2D eigenvalue weighted by Gasteiger charge is -2.11. The molecule has 116 valence electrons. The molecule has 0 radical (unpaired) electrons. The first kappa shape index (κ1) is 14.6. The number of benzene rings is 1. The Hall–Kier alpha value is -2.30. The Bertz CT molecular complexity index is 597. The molecule has 1 aliphatic heterocycles. The number of hydrogen-bond donors (Lipinski definition) is 2. The minimum absolute atomic E-state index is 0.132. The second-order valence-corrected chi connectivity index (χ2v) is 5.64. The van der Waals surface area contributed by atoms with Crippen LogP contribution in [0.25, 0.3) is 0 Å². The summed E-state index contributed by atoms with van der Waals surface area (Å²) in [7, 11) is 0. The number of carbonyl (C=O) groups excluding carboxylic acids is 1. The van der Waals surface area contributed by atoms with E-state index in [-0.39, 0.29) is 6.03 Å². The van der Waals surface area contributed by atoms with E-state index in [0.29, 0.717) is 13.1 Å². The van der Waals surface area contributed by atoms with Crippen molar-refractivity contribution in [2.75, 3.05) is 6.54 Å². The molecule has 5 nitrogen and oxygen atoms in total. The number of nitrogens with zero attached hydrogens (tertiary/aromatic N) is 2. The predicted octanol–water partition coefficient (Wildman–Crippen LogP) is 2.26. The first-order chi connectivity index (χ1) is 10.8. The minimum atomic E-state index is -0.132. The first-order valence-corrected chi connectivity index (χ1v) is 7.92. The summed E-state index contributed by atoms with van der Waals surface area (Å²) in [5.74, 6) is 1.19. The van der Waals surface area contributed by atoms with Crippen LogP contribution >= 0.6 is 0 Å². The summed E-state index contributed by atoms with van der Waals surface area (Å²) in [5, 5.41) is 5.74. The molecule has 0 saturated heterocycles. The molecule has 1 aromatic heterocycles. The molecule has 1 aliphatic rings. The van der Waals surface area contributed by atoms with Gasteiger partial charge in [0.05, 0.1) is 5.69 Å². The molecule has 5 heteroatoms. The molecule has 3 rings (SSSR count).